The molecule has 34 heavy (non-hydrogen) atoms. The number of rotatable bonds is 11. The van der Waals surface area contributed by atoms with E-state index in [9.17, 15) is 9.50 Å². The highest BCUT2D eigenvalue weighted by Gasteiger charge is 2.11. The summed E-state index contributed by atoms with van der Waals surface area (Å²) in [5, 5.41) is 10.6. The van der Waals surface area contributed by atoms with Gasteiger partial charge in [0.2, 0.25) is 0 Å². The van der Waals surface area contributed by atoms with Crippen molar-refractivity contribution in [3.63, 3.8) is 0 Å². The minimum Gasteiger partial charge on any atom is -0.457 e. The summed E-state index contributed by atoms with van der Waals surface area (Å²) in [6, 6.07) is 20.6. The fourth-order valence-electron chi connectivity index (χ4n) is 4.35. The molecule has 0 unspecified atom stereocenters. The maximum absolute atomic E-state index is 13.1. The molecule has 5 heteroatoms. The monoisotopic (exact) mass is 460 g/mol. The van der Waals surface area contributed by atoms with Crippen LogP contribution in [-0.4, -0.2) is 40.8 Å². The van der Waals surface area contributed by atoms with E-state index in [0.29, 0.717) is 11.5 Å². The van der Waals surface area contributed by atoms with Crippen LogP contribution in [0, 0.1) is 5.82 Å². The van der Waals surface area contributed by atoms with Crippen molar-refractivity contribution in [2.75, 3.05) is 26.2 Å². The molecule has 0 aliphatic rings. The van der Waals surface area contributed by atoms with Crippen LogP contribution in [0.15, 0.2) is 72.9 Å². The molecule has 178 valence electrons. The number of hydrogen-bond acceptors (Lipinski definition) is 3. The van der Waals surface area contributed by atoms with Crippen LogP contribution in [0.1, 0.15) is 25.8 Å². The zero-order chi connectivity index (χ0) is 23.9. The first-order chi connectivity index (χ1) is 16.6. The molecule has 0 spiro atoms. The van der Waals surface area contributed by atoms with Crippen molar-refractivity contribution < 1.29 is 14.2 Å². The van der Waals surface area contributed by atoms with Crippen molar-refractivity contribution >= 4 is 10.9 Å². The predicted octanol–water partition coefficient (Wildman–Crippen LogP) is 6.51. The SMILES string of the molecule is CCN(CC)CCn1cc(CCCO)c2cc(-c3ccc(Oc4ccc(F)cc4)cc3)ccc21. The molecule has 4 aromatic rings. The molecule has 0 bridgehead atoms. The molecule has 0 fully saturated rings. The Kier molecular flexibility index (Phi) is 7.99. The quantitative estimate of drug-likeness (QED) is 0.277. The number of aryl methyl sites for hydroxylation is 1. The average Bonchev–Trinajstić information content (AvgIpc) is 3.22. The van der Waals surface area contributed by atoms with Gasteiger partial charge >= 0.3 is 0 Å². The van der Waals surface area contributed by atoms with Gasteiger partial charge in [0.1, 0.15) is 17.3 Å². The van der Waals surface area contributed by atoms with Gasteiger partial charge in [-0.25, -0.2) is 4.39 Å². The predicted molar refractivity (Wildman–Crippen MR) is 137 cm³/mol. The Bertz CT molecular complexity index is 1200. The third kappa shape index (κ3) is 5.66. The maximum Gasteiger partial charge on any atom is 0.127 e. The van der Waals surface area contributed by atoms with Gasteiger partial charge in [0, 0.05) is 36.8 Å². The fraction of sp³-hybridized carbons (Fsp3) is 0.310. The number of hydrogen-bond donors (Lipinski definition) is 1. The fourth-order valence-corrected chi connectivity index (χ4v) is 4.35. The van der Waals surface area contributed by atoms with Crippen LogP contribution in [-0.2, 0) is 13.0 Å². The van der Waals surface area contributed by atoms with E-state index in [-0.39, 0.29) is 12.4 Å². The first-order valence-corrected chi connectivity index (χ1v) is 12.1. The van der Waals surface area contributed by atoms with Gasteiger partial charge in [-0.1, -0.05) is 32.0 Å². The Morgan fingerprint density at radius 3 is 2.18 bits per heavy atom. The van der Waals surface area contributed by atoms with Gasteiger partial charge in [-0.2, -0.15) is 0 Å². The first kappa shape index (κ1) is 24.0. The van der Waals surface area contributed by atoms with E-state index < -0.39 is 0 Å². The number of aromatic nitrogens is 1. The van der Waals surface area contributed by atoms with E-state index in [1.807, 2.05) is 24.3 Å². The Morgan fingerprint density at radius 1 is 0.882 bits per heavy atom. The molecule has 3 aromatic carbocycles. The topological polar surface area (TPSA) is 37.6 Å². The molecule has 0 aliphatic carbocycles. The molecular formula is C29H33FN2O2. The number of fused-ring (bicyclic) bond motifs is 1. The largest absolute Gasteiger partial charge is 0.457 e. The highest BCUT2D eigenvalue weighted by atomic mass is 19.1. The van der Waals surface area contributed by atoms with Gasteiger partial charge in [0.15, 0.2) is 0 Å². The van der Waals surface area contributed by atoms with Crippen LogP contribution in [0.2, 0.25) is 0 Å². The summed E-state index contributed by atoms with van der Waals surface area (Å²) in [5.41, 5.74) is 4.77. The summed E-state index contributed by atoms with van der Waals surface area (Å²) >= 11 is 0. The Balaban J connectivity index is 1.58. The summed E-state index contributed by atoms with van der Waals surface area (Å²) in [7, 11) is 0. The van der Waals surface area contributed by atoms with E-state index in [0.717, 1.165) is 50.1 Å². The van der Waals surface area contributed by atoms with Gasteiger partial charge in [-0.15, -0.1) is 0 Å². The van der Waals surface area contributed by atoms with Gasteiger partial charge in [0.05, 0.1) is 0 Å². The van der Waals surface area contributed by atoms with Gasteiger partial charge < -0.3 is 19.3 Å². The lowest BCUT2D eigenvalue weighted by Gasteiger charge is -2.18. The van der Waals surface area contributed by atoms with Crippen LogP contribution in [0.5, 0.6) is 11.5 Å². The van der Waals surface area contributed by atoms with Crippen molar-refractivity contribution in [1.29, 1.82) is 0 Å². The molecule has 1 N–H and O–H groups in total. The molecule has 0 amide bonds. The molecule has 0 atom stereocenters. The van der Waals surface area contributed by atoms with Crippen LogP contribution in [0.4, 0.5) is 4.39 Å². The number of benzene rings is 3. The minimum atomic E-state index is -0.279. The summed E-state index contributed by atoms with van der Waals surface area (Å²) in [6.07, 6.45) is 3.88. The zero-order valence-electron chi connectivity index (χ0n) is 20.0. The van der Waals surface area contributed by atoms with Crippen LogP contribution in [0.3, 0.4) is 0 Å². The second kappa shape index (κ2) is 11.3. The Hall–Kier alpha value is -3.15. The normalized spacial score (nSPS) is 11.4. The molecule has 0 saturated heterocycles. The molecule has 0 radical (unpaired) electrons. The second-order valence-electron chi connectivity index (χ2n) is 8.51. The van der Waals surface area contributed by atoms with E-state index in [4.69, 9.17) is 4.74 Å². The lowest BCUT2D eigenvalue weighted by Crippen LogP contribution is -2.26. The molecule has 1 aromatic heterocycles. The number of ether oxygens (including phenoxy) is 1. The Labute approximate surface area is 201 Å². The number of nitrogens with zero attached hydrogens (tertiary/aromatic N) is 2. The molecule has 4 rings (SSSR count). The van der Waals surface area contributed by atoms with Gasteiger partial charge in [-0.3, -0.25) is 0 Å². The molecule has 0 saturated carbocycles. The van der Waals surface area contributed by atoms with E-state index in [1.54, 1.807) is 12.1 Å². The number of likely N-dealkylation sites (N-methyl/N-ethyl adjacent to an activating group) is 1. The lowest BCUT2D eigenvalue weighted by molar-refractivity contribution is 0.288. The Morgan fingerprint density at radius 2 is 1.53 bits per heavy atom. The highest BCUT2D eigenvalue weighted by Crippen LogP contribution is 2.31. The molecule has 4 nitrogen and oxygen atoms in total. The molecular weight excluding hydrogens is 427 g/mol. The van der Waals surface area contributed by atoms with Crippen LogP contribution < -0.4 is 4.74 Å². The van der Waals surface area contributed by atoms with Crippen molar-refractivity contribution in [3.8, 4) is 22.6 Å². The van der Waals surface area contributed by atoms with Crippen molar-refractivity contribution in [2.24, 2.45) is 0 Å². The lowest BCUT2D eigenvalue weighted by atomic mass is 10.0. The van der Waals surface area contributed by atoms with Crippen LogP contribution >= 0.6 is 0 Å². The van der Waals surface area contributed by atoms with Crippen molar-refractivity contribution in [3.05, 3.63) is 84.3 Å². The number of halogens is 1. The smallest absolute Gasteiger partial charge is 0.127 e. The van der Waals surface area contributed by atoms with Crippen molar-refractivity contribution in [1.82, 2.24) is 9.47 Å². The number of aliphatic hydroxyl groups is 1. The zero-order valence-corrected chi connectivity index (χ0v) is 20.0. The van der Waals surface area contributed by atoms with E-state index in [1.165, 1.54) is 28.6 Å². The standard InChI is InChI=1S/C29H33FN2O2/c1-3-31(4-2)17-18-32-21-24(6-5-19-33)28-20-23(9-16-29(28)32)22-7-12-26(13-8-22)34-27-14-10-25(30)11-15-27/h7-16,20-21,33H,3-6,17-19H2,1-2H3. The first-order valence-electron chi connectivity index (χ1n) is 12.1. The molecule has 0 aliphatic heterocycles. The van der Waals surface area contributed by atoms with E-state index in [2.05, 4.69) is 47.7 Å². The van der Waals surface area contributed by atoms with Gasteiger partial charge in [-0.05, 0) is 91.2 Å². The van der Waals surface area contributed by atoms with Crippen LogP contribution in [0.25, 0.3) is 22.0 Å². The average molecular weight is 461 g/mol. The summed E-state index contributed by atoms with van der Waals surface area (Å²) < 4.78 is 21.3. The third-order valence-corrected chi connectivity index (χ3v) is 6.36. The maximum atomic E-state index is 13.1. The molecule has 1 heterocycles. The summed E-state index contributed by atoms with van der Waals surface area (Å²) in [6.45, 7) is 8.68. The third-order valence-electron chi connectivity index (χ3n) is 6.36. The number of aliphatic hydroxyl groups excluding tert-OH is 1. The van der Waals surface area contributed by atoms with Crippen molar-refractivity contribution in [2.45, 2.75) is 33.2 Å². The minimum absolute atomic E-state index is 0.196. The highest BCUT2D eigenvalue weighted by molar-refractivity contribution is 5.88. The van der Waals surface area contributed by atoms with E-state index >= 15 is 0 Å². The van der Waals surface area contributed by atoms with Gasteiger partial charge in [0.25, 0.3) is 0 Å². The second-order valence-corrected chi connectivity index (χ2v) is 8.51. The summed E-state index contributed by atoms with van der Waals surface area (Å²) in [5.74, 6) is 1.04. The summed E-state index contributed by atoms with van der Waals surface area (Å²) in [4.78, 5) is 2.43.